The van der Waals surface area contributed by atoms with E-state index in [1.807, 2.05) is 38.1 Å². The maximum atomic E-state index is 11.8. The van der Waals surface area contributed by atoms with Crippen molar-refractivity contribution in [3.05, 3.63) is 29.8 Å². The molecule has 18 heavy (non-hydrogen) atoms. The molecule has 1 unspecified atom stereocenters. The highest BCUT2D eigenvalue weighted by molar-refractivity contribution is 5.77. The van der Waals surface area contributed by atoms with Crippen LogP contribution >= 0.6 is 0 Å². The molecule has 0 aliphatic rings. The third-order valence-electron chi connectivity index (χ3n) is 3.25. The van der Waals surface area contributed by atoms with Gasteiger partial charge in [0.1, 0.15) is 0 Å². The van der Waals surface area contributed by atoms with Crippen molar-refractivity contribution in [1.29, 1.82) is 0 Å². The molecule has 0 aliphatic carbocycles. The second-order valence-corrected chi connectivity index (χ2v) is 4.82. The number of nitrogen functional groups attached to an aromatic ring is 1. The highest BCUT2D eigenvalue weighted by atomic mass is 16.3. The van der Waals surface area contributed by atoms with Crippen LogP contribution in [0.2, 0.25) is 0 Å². The maximum absolute atomic E-state index is 11.8. The number of rotatable bonds is 6. The van der Waals surface area contributed by atoms with E-state index in [4.69, 9.17) is 5.73 Å². The highest BCUT2D eigenvalue weighted by Crippen LogP contribution is 2.13. The largest absolute Gasteiger partial charge is 0.399 e. The van der Waals surface area contributed by atoms with Gasteiger partial charge < -0.3 is 16.2 Å². The van der Waals surface area contributed by atoms with Crippen LogP contribution in [0, 0.1) is 0 Å². The Morgan fingerprint density at radius 3 is 2.67 bits per heavy atom. The minimum absolute atomic E-state index is 0.0529. The Labute approximate surface area is 108 Å². The fourth-order valence-electron chi connectivity index (χ4n) is 1.65. The molecular formula is C14H22N2O2. The molecule has 1 rings (SSSR count). The van der Waals surface area contributed by atoms with Crippen molar-refractivity contribution in [2.75, 3.05) is 12.3 Å². The van der Waals surface area contributed by atoms with Crippen molar-refractivity contribution < 1.29 is 9.90 Å². The summed E-state index contributed by atoms with van der Waals surface area (Å²) in [5.41, 5.74) is 6.98. The van der Waals surface area contributed by atoms with Gasteiger partial charge in [0, 0.05) is 12.1 Å². The van der Waals surface area contributed by atoms with Crippen molar-refractivity contribution >= 4 is 11.6 Å². The van der Waals surface area contributed by atoms with E-state index in [2.05, 4.69) is 5.32 Å². The molecule has 0 spiro atoms. The molecule has 1 aromatic carbocycles. The predicted octanol–water partition coefficient (Wildman–Crippen LogP) is 1.48. The van der Waals surface area contributed by atoms with Gasteiger partial charge in [0.05, 0.1) is 12.1 Å². The second-order valence-electron chi connectivity index (χ2n) is 4.82. The van der Waals surface area contributed by atoms with Crippen LogP contribution in [0.3, 0.4) is 0 Å². The lowest BCUT2D eigenvalue weighted by atomic mass is 9.99. The lowest BCUT2D eigenvalue weighted by molar-refractivity contribution is -0.123. The fourth-order valence-corrected chi connectivity index (χ4v) is 1.65. The number of nitrogens with two attached hydrogens (primary N) is 1. The molecule has 0 fully saturated rings. The maximum Gasteiger partial charge on any atom is 0.220 e. The summed E-state index contributed by atoms with van der Waals surface area (Å²) in [5.74, 6) is -0.0587. The SMILES string of the molecule is CCC(C)(CO)NC(=O)CCc1ccccc1N. The quantitative estimate of drug-likeness (QED) is 0.669. The Bertz CT molecular complexity index is 401. The minimum Gasteiger partial charge on any atom is -0.399 e. The number of anilines is 1. The van der Waals surface area contributed by atoms with Gasteiger partial charge in [0.25, 0.3) is 0 Å². The molecule has 0 aliphatic heterocycles. The van der Waals surface area contributed by atoms with Crippen LogP contribution in [0.15, 0.2) is 24.3 Å². The first-order chi connectivity index (χ1) is 8.50. The number of nitrogens with one attached hydrogen (secondary N) is 1. The first-order valence-electron chi connectivity index (χ1n) is 6.26. The molecule has 1 atom stereocenters. The summed E-state index contributed by atoms with van der Waals surface area (Å²) in [6.07, 6.45) is 1.69. The van der Waals surface area contributed by atoms with Gasteiger partial charge in [-0.1, -0.05) is 25.1 Å². The third-order valence-corrected chi connectivity index (χ3v) is 3.25. The van der Waals surface area contributed by atoms with Gasteiger partial charge in [-0.25, -0.2) is 0 Å². The van der Waals surface area contributed by atoms with E-state index >= 15 is 0 Å². The summed E-state index contributed by atoms with van der Waals surface area (Å²) in [4.78, 5) is 11.8. The Morgan fingerprint density at radius 1 is 1.44 bits per heavy atom. The number of aryl methyl sites for hydroxylation is 1. The third kappa shape index (κ3) is 4.04. The molecule has 1 amide bonds. The zero-order chi connectivity index (χ0) is 13.6. The van der Waals surface area contributed by atoms with E-state index in [0.717, 1.165) is 5.56 Å². The lowest BCUT2D eigenvalue weighted by Gasteiger charge is -2.27. The van der Waals surface area contributed by atoms with E-state index in [9.17, 15) is 9.90 Å². The van der Waals surface area contributed by atoms with E-state index in [-0.39, 0.29) is 12.5 Å². The Morgan fingerprint density at radius 2 is 2.11 bits per heavy atom. The molecule has 0 saturated heterocycles. The van der Waals surface area contributed by atoms with E-state index in [0.29, 0.717) is 24.9 Å². The number of hydrogen-bond donors (Lipinski definition) is 3. The Balaban J connectivity index is 2.50. The van der Waals surface area contributed by atoms with Crippen molar-refractivity contribution in [2.45, 2.75) is 38.6 Å². The van der Waals surface area contributed by atoms with Gasteiger partial charge >= 0.3 is 0 Å². The number of carbonyl (C=O) groups excluding carboxylic acids is 1. The first kappa shape index (κ1) is 14.5. The molecule has 0 saturated carbocycles. The molecule has 4 heteroatoms. The van der Waals surface area contributed by atoms with Crippen molar-refractivity contribution in [3.63, 3.8) is 0 Å². The fraction of sp³-hybridized carbons (Fsp3) is 0.500. The van der Waals surface area contributed by atoms with Gasteiger partial charge in [0.2, 0.25) is 5.91 Å². The van der Waals surface area contributed by atoms with Crippen LogP contribution < -0.4 is 11.1 Å². The van der Waals surface area contributed by atoms with E-state index < -0.39 is 5.54 Å². The smallest absolute Gasteiger partial charge is 0.220 e. The van der Waals surface area contributed by atoms with Crippen molar-refractivity contribution in [3.8, 4) is 0 Å². The monoisotopic (exact) mass is 250 g/mol. The van der Waals surface area contributed by atoms with Crippen molar-refractivity contribution in [1.82, 2.24) is 5.32 Å². The van der Waals surface area contributed by atoms with Crippen LogP contribution in [-0.2, 0) is 11.2 Å². The standard InChI is InChI=1S/C14H22N2O2/c1-3-14(2,10-17)16-13(18)9-8-11-6-4-5-7-12(11)15/h4-7,17H,3,8-10,15H2,1-2H3,(H,16,18). The highest BCUT2D eigenvalue weighted by Gasteiger charge is 2.22. The molecule has 100 valence electrons. The van der Waals surface area contributed by atoms with E-state index in [1.165, 1.54) is 0 Å². The number of aliphatic hydroxyl groups is 1. The average molecular weight is 250 g/mol. The second kappa shape index (κ2) is 6.40. The number of carbonyl (C=O) groups is 1. The first-order valence-corrected chi connectivity index (χ1v) is 6.26. The molecule has 0 bridgehead atoms. The number of para-hydroxylation sites is 1. The Hall–Kier alpha value is -1.55. The molecule has 4 nitrogen and oxygen atoms in total. The van der Waals surface area contributed by atoms with Crippen molar-refractivity contribution in [2.24, 2.45) is 0 Å². The summed E-state index contributed by atoms with van der Waals surface area (Å²) in [6.45, 7) is 3.72. The minimum atomic E-state index is -0.528. The van der Waals surface area contributed by atoms with Crippen LogP contribution in [0.1, 0.15) is 32.3 Å². The number of amides is 1. The van der Waals surface area contributed by atoms with Gasteiger partial charge in [-0.3, -0.25) is 4.79 Å². The predicted molar refractivity (Wildman–Crippen MR) is 73.1 cm³/mol. The van der Waals surface area contributed by atoms with Crippen LogP contribution in [0.25, 0.3) is 0 Å². The molecule has 0 heterocycles. The molecule has 4 N–H and O–H groups in total. The van der Waals surface area contributed by atoms with Gasteiger partial charge in [-0.05, 0) is 31.4 Å². The summed E-state index contributed by atoms with van der Waals surface area (Å²) in [6, 6.07) is 7.54. The summed E-state index contributed by atoms with van der Waals surface area (Å²) in [5, 5.41) is 12.1. The summed E-state index contributed by atoms with van der Waals surface area (Å²) in [7, 11) is 0. The van der Waals surface area contributed by atoms with Crippen LogP contribution in [-0.4, -0.2) is 23.2 Å². The summed E-state index contributed by atoms with van der Waals surface area (Å²) < 4.78 is 0. The normalized spacial score (nSPS) is 13.9. The zero-order valence-electron chi connectivity index (χ0n) is 11.1. The molecule has 1 aromatic rings. The number of hydrogen-bond acceptors (Lipinski definition) is 3. The molecular weight excluding hydrogens is 228 g/mol. The van der Waals surface area contributed by atoms with E-state index in [1.54, 1.807) is 0 Å². The molecule has 0 aromatic heterocycles. The summed E-state index contributed by atoms with van der Waals surface area (Å²) >= 11 is 0. The van der Waals surface area contributed by atoms with Crippen LogP contribution in [0.5, 0.6) is 0 Å². The van der Waals surface area contributed by atoms with Gasteiger partial charge in [-0.2, -0.15) is 0 Å². The van der Waals surface area contributed by atoms with Crippen LogP contribution in [0.4, 0.5) is 5.69 Å². The number of benzene rings is 1. The Kier molecular flexibility index (Phi) is 5.16. The van der Waals surface area contributed by atoms with Gasteiger partial charge in [-0.15, -0.1) is 0 Å². The topological polar surface area (TPSA) is 75.3 Å². The molecule has 0 radical (unpaired) electrons. The zero-order valence-corrected chi connectivity index (χ0v) is 11.1. The lowest BCUT2D eigenvalue weighted by Crippen LogP contribution is -2.48. The van der Waals surface area contributed by atoms with Gasteiger partial charge in [0.15, 0.2) is 0 Å². The number of aliphatic hydroxyl groups excluding tert-OH is 1. The average Bonchev–Trinajstić information content (AvgIpc) is 2.37.